The molecule has 0 spiro atoms. The van der Waals surface area contributed by atoms with Gasteiger partial charge in [-0.2, -0.15) is 0 Å². The first-order chi connectivity index (χ1) is 11.3. The Morgan fingerprint density at radius 1 is 0.435 bits per heavy atom. The fourth-order valence-electron chi connectivity index (χ4n) is 3.74. The largest absolute Gasteiger partial charge is 0.289 e. The van der Waals surface area contributed by atoms with Crippen molar-refractivity contribution >= 4 is 43.1 Å². The molecule has 0 bridgehead atoms. The summed E-state index contributed by atoms with van der Waals surface area (Å²) in [5, 5.41) is 21.4. The van der Waals surface area contributed by atoms with Gasteiger partial charge in [-0.05, 0) is 38.4 Å². The van der Waals surface area contributed by atoms with Crippen molar-refractivity contribution in [2.75, 3.05) is 0 Å². The molecule has 0 N–H and O–H groups in total. The van der Waals surface area contributed by atoms with E-state index < -0.39 is 0 Å². The second kappa shape index (κ2) is 4.47. The maximum absolute atomic E-state index is 12.6. The van der Waals surface area contributed by atoms with Gasteiger partial charge in [-0.1, -0.05) is 72.8 Å². The molecule has 5 aromatic rings. The Morgan fingerprint density at radius 3 is 1.70 bits per heavy atom. The highest BCUT2D eigenvalue weighted by atomic mass is 16.3. The second-order valence-corrected chi connectivity index (χ2v) is 5.93. The Labute approximate surface area is 133 Å². The number of hydrogen-bond acceptors (Lipinski definition) is 0. The van der Waals surface area contributed by atoms with Gasteiger partial charge in [-0.3, -0.25) is 5.11 Å². The van der Waals surface area contributed by atoms with Gasteiger partial charge in [-0.15, -0.1) is 0 Å². The molecule has 0 heterocycles. The predicted molar refractivity (Wildman–Crippen MR) is 96.6 cm³/mol. The zero-order valence-electron chi connectivity index (χ0n) is 12.4. The van der Waals surface area contributed by atoms with Crippen molar-refractivity contribution in [3.8, 4) is 5.75 Å². The van der Waals surface area contributed by atoms with Crippen LogP contribution in [-0.2, 0) is 5.11 Å². The SMILES string of the molecule is [O]c1cccc2ccc3c4ccccc4c4ccccc4c3c12. The van der Waals surface area contributed by atoms with E-state index >= 15 is 0 Å². The molecular weight excluding hydrogens is 280 g/mol. The number of benzene rings is 5. The molecule has 0 fully saturated rings. The van der Waals surface area contributed by atoms with Crippen molar-refractivity contribution in [1.82, 2.24) is 0 Å². The summed E-state index contributed by atoms with van der Waals surface area (Å²) >= 11 is 0. The smallest absolute Gasteiger partial charge is 0.187 e. The third-order valence-electron chi connectivity index (χ3n) is 4.71. The summed E-state index contributed by atoms with van der Waals surface area (Å²) in [7, 11) is 0. The van der Waals surface area contributed by atoms with Crippen LogP contribution < -0.4 is 0 Å². The molecule has 0 amide bonds. The monoisotopic (exact) mass is 293 g/mol. The highest BCUT2D eigenvalue weighted by Gasteiger charge is 2.13. The van der Waals surface area contributed by atoms with Crippen LogP contribution in [0.5, 0.6) is 5.75 Å². The maximum Gasteiger partial charge on any atom is 0.187 e. The molecule has 23 heavy (non-hydrogen) atoms. The van der Waals surface area contributed by atoms with Crippen LogP contribution in [0.1, 0.15) is 0 Å². The van der Waals surface area contributed by atoms with Crippen molar-refractivity contribution in [3.63, 3.8) is 0 Å². The van der Waals surface area contributed by atoms with Gasteiger partial charge >= 0.3 is 0 Å². The van der Waals surface area contributed by atoms with E-state index in [1.807, 2.05) is 18.2 Å². The van der Waals surface area contributed by atoms with Gasteiger partial charge in [0, 0.05) is 10.8 Å². The van der Waals surface area contributed by atoms with Crippen LogP contribution in [0.15, 0.2) is 78.9 Å². The Morgan fingerprint density at radius 2 is 1.00 bits per heavy atom. The van der Waals surface area contributed by atoms with Crippen LogP contribution >= 0.6 is 0 Å². The van der Waals surface area contributed by atoms with E-state index in [1.54, 1.807) is 6.07 Å². The average Bonchev–Trinajstić information content (AvgIpc) is 2.61. The summed E-state index contributed by atoms with van der Waals surface area (Å²) < 4.78 is 0. The number of rotatable bonds is 0. The van der Waals surface area contributed by atoms with E-state index in [0.29, 0.717) is 0 Å². The third kappa shape index (κ3) is 1.62. The molecule has 0 aromatic heterocycles. The van der Waals surface area contributed by atoms with E-state index in [9.17, 15) is 5.11 Å². The summed E-state index contributed by atoms with van der Waals surface area (Å²) in [6.45, 7) is 0. The molecule has 5 rings (SSSR count). The quantitative estimate of drug-likeness (QED) is 0.293. The molecule has 0 saturated heterocycles. The van der Waals surface area contributed by atoms with Crippen LogP contribution in [0.3, 0.4) is 0 Å². The van der Waals surface area contributed by atoms with E-state index in [-0.39, 0.29) is 5.75 Å². The van der Waals surface area contributed by atoms with Gasteiger partial charge in [0.2, 0.25) is 0 Å². The summed E-state index contributed by atoms with van der Waals surface area (Å²) in [5.74, 6) is 0.0912. The Hall–Kier alpha value is -3.06. The van der Waals surface area contributed by atoms with Gasteiger partial charge in [-0.25, -0.2) is 0 Å². The van der Waals surface area contributed by atoms with Crippen LogP contribution in [0.25, 0.3) is 43.1 Å². The van der Waals surface area contributed by atoms with Gasteiger partial charge in [0.25, 0.3) is 0 Å². The topological polar surface area (TPSA) is 19.9 Å². The minimum atomic E-state index is 0.0912. The zero-order chi connectivity index (χ0) is 15.4. The first kappa shape index (κ1) is 12.5. The summed E-state index contributed by atoms with van der Waals surface area (Å²) in [5.41, 5.74) is 0. The van der Waals surface area contributed by atoms with Crippen molar-refractivity contribution in [3.05, 3.63) is 78.9 Å². The van der Waals surface area contributed by atoms with Gasteiger partial charge in [0.1, 0.15) is 0 Å². The van der Waals surface area contributed by atoms with Crippen molar-refractivity contribution in [2.24, 2.45) is 0 Å². The summed E-state index contributed by atoms with van der Waals surface area (Å²) in [6.07, 6.45) is 0. The lowest BCUT2D eigenvalue weighted by atomic mass is 9.91. The minimum Gasteiger partial charge on any atom is -0.289 e. The number of fused-ring (bicyclic) bond motifs is 8. The molecule has 0 unspecified atom stereocenters. The highest BCUT2D eigenvalue weighted by Crippen LogP contribution is 2.41. The lowest BCUT2D eigenvalue weighted by Crippen LogP contribution is -1.85. The van der Waals surface area contributed by atoms with Gasteiger partial charge < -0.3 is 0 Å². The second-order valence-electron chi connectivity index (χ2n) is 5.93. The molecule has 1 heteroatoms. The fourth-order valence-corrected chi connectivity index (χ4v) is 3.74. The summed E-state index contributed by atoms with van der Waals surface area (Å²) in [6, 6.07) is 26.5. The molecule has 5 aromatic carbocycles. The van der Waals surface area contributed by atoms with Crippen LogP contribution in [0.2, 0.25) is 0 Å². The Kier molecular flexibility index (Phi) is 2.42. The van der Waals surface area contributed by atoms with Crippen molar-refractivity contribution in [1.29, 1.82) is 0 Å². The van der Waals surface area contributed by atoms with Crippen LogP contribution in [-0.4, -0.2) is 0 Å². The van der Waals surface area contributed by atoms with E-state index in [2.05, 4.69) is 54.6 Å². The molecule has 0 saturated carbocycles. The van der Waals surface area contributed by atoms with Crippen LogP contribution in [0, 0.1) is 0 Å². The molecule has 0 aliphatic carbocycles. The first-order valence-corrected chi connectivity index (χ1v) is 7.76. The molecule has 107 valence electrons. The normalized spacial score (nSPS) is 11.7. The first-order valence-electron chi connectivity index (χ1n) is 7.76. The van der Waals surface area contributed by atoms with E-state index in [1.165, 1.54) is 16.2 Å². The maximum atomic E-state index is 12.6. The Balaban J connectivity index is 2.25. The molecule has 1 nitrogen and oxygen atoms in total. The fraction of sp³-hybridized carbons (Fsp3) is 0. The molecule has 0 aliphatic rings. The third-order valence-corrected chi connectivity index (χ3v) is 4.71. The lowest BCUT2D eigenvalue weighted by Gasteiger charge is -2.12. The minimum absolute atomic E-state index is 0.0912. The van der Waals surface area contributed by atoms with E-state index in [4.69, 9.17) is 0 Å². The van der Waals surface area contributed by atoms with E-state index in [0.717, 1.165) is 26.9 Å². The number of hydrogen-bond donors (Lipinski definition) is 0. The van der Waals surface area contributed by atoms with Crippen molar-refractivity contribution in [2.45, 2.75) is 0 Å². The molecule has 1 radical (unpaired) electrons. The molecule has 0 atom stereocenters. The highest BCUT2D eigenvalue weighted by molar-refractivity contribution is 6.32. The predicted octanol–water partition coefficient (Wildman–Crippen LogP) is 6.44. The lowest BCUT2D eigenvalue weighted by molar-refractivity contribution is 0.360. The zero-order valence-corrected chi connectivity index (χ0v) is 12.4. The van der Waals surface area contributed by atoms with Gasteiger partial charge in [0.05, 0.1) is 0 Å². The summed E-state index contributed by atoms with van der Waals surface area (Å²) in [4.78, 5) is 0. The van der Waals surface area contributed by atoms with Crippen LogP contribution in [0.4, 0.5) is 0 Å². The molecule has 0 aliphatic heterocycles. The molecular formula is C22H13O. The Bertz CT molecular complexity index is 1180. The standard InChI is InChI=1S/C22H13O/c23-20-11-5-6-14-12-13-19-17-9-2-1-7-15(17)16-8-3-4-10-18(16)22(19)21(14)20/h1-13H. The average molecular weight is 293 g/mol. The van der Waals surface area contributed by atoms with Gasteiger partial charge in [0.15, 0.2) is 5.75 Å². The van der Waals surface area contributed by atoms with Crippen molar-refractivity contribution < 1.29 is 5.11 Å².